The van der Waals surface area contributed by atoms with E-state index in [2.05, 4.69) is 5.32 Å². The standard InChI is InChI=1S/C16H17FN2O5/c1-19-13(21)10-11(14(19)22)16(7-20,15(23)24-2)18-12(10)8-5-3-4-6-9(8)17/h3-6,10-12,18,20H,7H2,1-2H3/t10-,11-,12-,16+/m0/s1. The Morgan fingerprint density at radius 1 is 1.38 bits per heavy atom. The number of ether oxygens (including phenoxy) is 1. The number of esters is 1. The maximum atomic E-state index is 14.2. The third kappa shape index (κ3) is 1.99. The molecule has 0 unspecified atom stereocenters. The average molecular weight is 336 g/mol. The summed E-state index contributed by atoms with van der Waals surface area (Å²) in [6.45, 7) is -0.751. The molecule has 1 aromatic carbocycles. The van der Waals surface area contributed by atoms with Gasteiger partial charge in [-0.05, 0) is 6.07 Å². The molecule has 0 aliphatic carbocycles. The van der Waals surface area contributed by atoms with Gasteiger partial charge in [0.1, 0.15) is 5.82 Å². The van der Waals surface area contributed by atoms with Crippen molar-refractivity contribution >= 4 is 17.8 Å². The van der Waals surface area contributed by atoms with Crippen molar-refractivity contribution in [1.29, 1.82) is 0 Å². The van der Waals surface area contributed by atoms with E-state index in [1.165, 1.54) is 25.2 Å². The number of benzene rings is 1. The summed E-state index contributed by atoms with van der Waals surface area (Å²) in [6.07, 6.45) is 0. The predicted octanol–water partition coefficient (Wildman–Crippen LogP) is -0.395. The number of amides is 2. The molecule has 3 rings (SSSR count). The van der Waals surface area contributed by atoms with E-state index in [4.69, 9.17) is 4.74 Å². The quantitative estimate of drug-likeness (QED) is 0.576. The predicted molar refractivity (Wildman–Crippen MR) is 78.9 cm³/mol. The molecule has 2 saturated heterocycles. The molecule has 8 heteroatoms. The number of rotatable bonds is 3. The van der Waals surface area contributed by atoms with Gasteiger partial charge in [0.2, 0.25) is 11.8 Å². The first kappa shape index (κ1) is 16.5. The summed E-state index contributed by atoms with van der Waals surface area (Å²) in [6, 6.07) is 4.87. The van der Waals surface area contributed by atoms with Crippen molar-refractivity contribution in [3.63, 3.8) is 0 Å². The van der Waals surface area contributed by atoms with Crippen molar-refractivity contribution in [1.82, 2.24) is 10.2 Å². The van der Waals surface area contributed by atoms with Crippen molar-refractivity contribution in [3.05, 3.63) is 35.6 Å². The number of methoxy groups -OCH3 is 1. The lowest BCUT2D eigenvalue weighted by Gasteiger charge is -2.29. The maximum Gasteiger partial charge on any atom is 0.329 e. The summed E-state index contributed by atoms with van der Waals surface area (Å²) in [5, 5.41) is 12.7. The first-order chi connectivity index (χ1) is 11.4. The van der Waals surface area contributed by atoms with Crippen LogP contribution in [0.1, 0.15) is 11.6 Å². The van der Waals surface area contributed by atoms with E-state index in [0.717, 1.165) is 12.0 Å². The molecule has 0 spiro atoms. The Labute approximate surface area is 137 Å². The summed E-state index contributed by atoms with van der Waals surface area (Å²) in [5.41, 5.74) is -1.63. The monoisotopic (exact) mass is 336 g/mol. The van der Waals surface area contributed by atoms with Crippen LogP contribution >= 0.6 is 0 Å². The lowest BCUT2D eigenvalue weighted by Crippen LogP contribution is -2.58. The third-order valence-electron chi connectivity index (χ3n) is 4.91. The van der Waals surface area contributed by atoms with Crippen LogP contribution in [0.15, 0.2) is 24.3 Å². The van der Waals surface area contributed by atoms with Gasteiger partial charge in [-0.2, -0.15) is 0 Å². The molecule has 2 N–H and O–H groups in total. The zero-order valence-corrected chi connectivity index (χ0v) is 13.2. The number of hydrogen-bond acceptors (Lipinski definition) is 6. The lowest BCUT2D eigenvalue weighted by molar-refractivity contribution is -0.156. The van der Waals surface area contributed by atoms with Crippen LogP contribution in [-0.4, -0.2) is 54.1 Å². The van der Waals surface area contributed by atoms with Crippen LogP contribution in [0.3, 0.4) is 0 Å². The summed E-state index contributed by atoms with van der Waals surface area (Å²) in [5.74, 6) is -4.71. The molecule has 24 heavy (non-hydrogen) atoms. The highest BCUT2D eigenvalue weighted by Gasteiger charge is 2.68. The molecule has 2 fully saturated rings. The number of fused-ring (bicyclic) bond motifs is 1. The van der Waals surface area contributed by atoms with Gasteiger partial charge in [0, 0.05) is 18.7 Å². The van der Waals surface area contributed by atoms with Crippen LogP contribution in [0.2, 0.25) is 0 Å². The fourth-order valence-electron chi connectivity index (χ4n) is 3.72. The van der Waals surface area contributed by atoms with Gasteiger partial charge in [0.05, 0.1) is 25.6 Å². The second kappa shape index (κ2) is 5.64. The number of hydrogen-bond donors (Lipinski definition) is 2. The number of halogens is 1. The van der Waals surface area contributed by atoms with Crippen LogP contribution in [0.5, 0.6) is 0 Å². The number of imide groups is 1. The molecule has 2 heterocycles. The summed E-state index contributed by atoms with van der Waals surface area (Å²) in [4.78, 5) is 38.2. The van der Waals surface area contributed by atoms with Gasteiger partial charge >= 0.3 is 5.97 Å². The van der Waals surface area contributed by atoms with E-state index in [9.17, 15) is 23.9 Å². The largest absolute Gasteiger partial charge is 0.468 e. The molecule has 0 radical (unpaired) electrons. The Morgan fingerprint density at radius 3 is 2.62 bits per heavy atom. The molecule has 1 aromatic rings. The minimum absolute atomic E-state index is 0.156. The number of carbonyl (C=O) groups is 3. The van der Waals surface area contributed by atoms with Crippen LogP contribution in [0.4, 0.5) is 4.39 Å². The molecule has 2 aliphatic rings. The SMILES string of the molecule is COC(=O)[C@]1(CO)N[C@@H](c2ccccc2F)[C@H]2C(=O)N(C)C(=O)[C@H]21. The van der Waals surface area contributed by atoms with Crippen LogP contribution in [0, 0.1) is 17.7 Å². The molecular weight excluding hydrogens is 319 g/mol. The van der Waals surface area contributed by atoms with Gasteiger partial charge in [-0.15, -0.1) is 0 Å². The molecule has 7 nitrogen and oxygen atoms in total. The molecule has 0 bridgehead atoms. The Balaban J connectivity index is 2.17. The minimum atomic E-state index is -1.79. The highest BCUT2D eigenvalue weighted by atomic mass is 19.1. The Kier molecular flexibility index (Phi) is 3.89. The number of likely N-dealkylation sites (tertiary alicyclic amines) is 1. The number of carbonyl (C=O) groups excluding carboxylic acids is 3. The number of nitrogens with one attached hydrogen (secondary N) is 1. The highest BCUT2D eigenvalue weighted by Crippen LogP contribution is 2.48. The lowest BCUT2D eigenvalue weighted by atomic mass is 9.79. The van der Waals surface area contributed by atoms with Gasteiger partial charge < -0.3 is 9.84 Å². The van der Waals surface area contributed by atoms with Crippen molar-refractivity contribution in [2.45, 2.75) is 11.6 Å². The topological polar surface area (TPSA) is 95.9 Å². The first-order valence-corrected chi connectivity index (χ1v) is 7.42. The van der Waals surface area contributed by atoms with Crippen molar-refractivity contribution < 1.29 is 28.6 Å². The van der Waals surface area contributed by atoms with E-state index in [1.54, 1.807) is 6.07 Å². The molecule has 4 atom stereocenters. The molecule has 2 amide bonds. The first-order valence-electron chi connectivity index (χ1n) is 7.42. The third-order valence-corrected chi connectivity index (χ3v) is 4.91. The average Bonchev–Trinajstić information content (AvgIpc) is 3.05. The highest BCUT2D eigenvalue weighted by molar-refractivity contribution is 6.09. The fourth-order valence-corrected chi connectivity index (χ4v) is 3.72. The van der Waals surface area contributed by atoms with Gasteiger partial charge in [-0.25, -0.2) is 9.18 Å². The summed E-state index contributed by atoms with van der Waals surface area (Å²) < 4.78 is 19.0. The zero-order valence-electron chi connectivity index (χ0n) is 13.2. The molecule has 0 saturated carbocycles. The minimum Gasteiger partial charge on any atom is -0.468 e. The Bertz CT molecular complexity index is 724. The van der Waals surface area contributed by atoms with E-state index in [1.807, 2.05) is 0 Å². The Hall–Kier alpha value is -2.32. The van der Waals surface area contributed by atoms with Crippen LogP contribution < -0.4 is 5.32 Å². The van der Waals surface area contributed by atoms with E-state index in [0.29, 0.717) is 0 Å². The normalized spacial score (nSPS) is 32.2. The number of aliphatic hydroxyl groups excluding tert-OH is 1. The van der Waals surface area contributed by atoms with Crippen LogP contribution in [0.25, 0.3) is 0 Å². The van der Waals surface area contributed by atoms with Crippen molar-refractivity contribution in [3.8, 4) is 0 Å². The number of aliphatic hydroxyl groups is 1. The van der Waals surface area contributed by atoms with E-state index >= 15 is 0 Å². The fraction of sp³-hybridized carbons (Fsp3) is 0.438. The van der Waals surface area contributed by atoms with Crippen LogP contribution in [-0.2, 0) is 19.1 Å². The van der Waals surface area contributed by atoms with Gasteiger partial charge in [0.25, 0.3) is 0 Å². The van der Waals surface area contributed by atoms with Crippen molar-refractivity contribution in [2.24, 2.45) is 11.8 Å². The van der Waals surface area contributed by atoms with E-state index in [-0.39, 0.29) is 5.56 Å². The zero-order chi connectivity index (χ0) is 17.6. The maximum absolute atomic E-state index is 14.2. The molecule has 128 valence electrons. The summed E-state index contributed by atoms with van der Waals surface area (Å²) in [7, 11) is 2.43. The van der Waals surface area contributed by atoms with Gasteiger partial charge in [0.15, 0.2) is 5.54 Å². The van der Waals surface area contributed by atoms with Crippen molar-refractivity contribution in [2.75, 3.05) is 20.8 Å². The molecule has 0 aromatic heterocycles. The van der Waals surface area contributed by atoms with E-state index < -0.39 is 53.6 Å². The smallest absolute Gasteiger partial charge is 0.329 e. The Morgan fingerprint density at radius 2 is 2.04 bits per heavy atom. The summed E-state index contributed by atoms with van der Waals surface area (Å²) >= 11 is 0. The van der Waals surface area contributed by atoms with Gasteiger partial charge in [-0.3, -0.25) is 19.8 Å². The van der Waals surface area contributed by atoms with Gasteiger partial charge in [-0.1, -0.05) is 18.2 Å². The second-order valence-electron chi connectivity index (χ2n) is 6.00. The molecule has 2 aliphatic heterocycles. The number of nitrogens with zero attached hydrogens (tertiary/aromatic N) is 1. The second-order valence-corrected chi connectivity index (χ2v) is 6.00. The molecular formula is C16H17FN2O5.